The van der Waals surface area contributed by atoms with Crippen molar-refractivity contribution in [3.05, 3.63) is 59.7 Å². The Hall–Kier alpha value is -2.75. The van der Waals surface area contributed by atoms with E-state index in [1.165, 1.54) is 11.3 Å². The zero-order valence-corrected chi connectivity index (χ0v) is 14.0. The number of carbonyl (C=O) groups excluding carboxylic acids is 1. The van der Waals surface area contributed by atoms with E-state index in [9.17, 15) is 31.1 Å². The highest BCUT2D eigenvalue weighted by Crippen LogP contribution is 2.37. The van der Waals surface area contributed by atoms with Gasteiger partial charge in [0.2, 0.25) is 0 Å². The standard InChI is InChI=1S/C17H10F6N2OS/c18-16(19,20)10-6-11(17(21,22)23)8-12(7-10)24-15(26)25-14-5-9-3-1-2-4-13(9)27-14/h1-8H,(H2,24,25,26). The van der Waals surface area contributed by atoms with Gasteiger partial charge in [0.15, 0.2) is 0 Å². The van der Waals surface area contributed by atoms with Crippen LogP contribution in [0.2, 0.25) is 0 Å². The van der Waals surface area contributed by atoms with Crippen molar-refractivity contribution in [1.29, 1.82) is 0 Å². The number of carbonyl (C=O) groups is 1. The zero-order valence-electron chi connectivity index (χ0n) is 13.2. The molecule has 2 amide bonds. The topological polar surface area (TPSA) is 41.1 Å². The van der Waals surface area contributed by atoms with Crippen LogP contribution in [-0.4, -0.2) is 6.03 Å². The van der Waals surface area contributed by atoms with Gasteiger partial charge in [0.1, 0.15) is 0 Å². The fourth-order valence-corrected chi connectivity index (χ4v) is 3.30. The second-order valence-corrected chi connectivity index (χ2v) is 6.61. The number of halogens is 6. The van der Waals surface area contributed by atoms with Gasteiger partial charge in [-0.3, -0.25) is 5.32 Å². The van der Waals surface area contributed by atoms with E-state index in [1.807, 2.05) is 11.4 Å². The largest absolute Gasteiger partial charge is 0.416 e. The third-order valence-corrected chi connectivity index (χ3v) is 4.54. The molecule has 2 N–H and O–H groups in total. The molecular weight excluding hydrogens is 394 g/mol. The van der Waals surface area contributed by atoms with Crippen LogP contribution >= 0.6 is 11.3 Å². The van der Waals surface area contributed by atoms with Crippen molar-refractivity contribution in [2.24, 2.45) is 0 Å². The van der Waals surface area contributed by atoms with Crippen LogP contribution in [0.1, 0.15) is 11.1 Å². The lowest BCUT2D eigenvalue weighted by Gasteiger charge is -2.14. The Balaban J connectivity index is 1.84. The first-order chi connectivity index (χ1) is 12.5. The number of hydrogen-bond donors (Lipinski definition) is 2. The molecular formula is C17H10F6N2OS. The van der Waals surface area contributed by atoms with E-state index in [1.54, 1.807) is 24.3 Å². The Morgan fingerprint density at radius 2 is 1.41 bits per heavy atom. The Bertz CT molecular complexity index is 928. The summed E-state index contributed by atoms with van der Waals surface area (Å²) in [5.74, 6) is 0. The summed E-state index contributed by atoms with van der Waals surface area (Å²) in [5, 5.41) is 5.66. The molecule has 0 radical (unpaired) electrons. The van der Waals surface area contributed by atoms with Gasteiger partial charge >= 0.3 is 18.4 Å². The molecule has 3 aromatic rings. The van der Waals surface area contributed by atoms with Gasteiger partial charge in [0.25, 0.3) is 0 Å². The Kier molecular flexibility index (Phi) is 4.77. The average molecular weight is 404 g/mol. The maximum atomic E-state index is 12.8. The van der Waals surface area contributed by atoms with Gasteiger partial charge in [-0.05, 0) is 35.7 Å². The minimum atomic E-state index is -4.99. The molecule has 0 atom stereocenters. The molecule has 1 aromatic heterocycles. The summed E-state index contributed by atoms with van der Waals surface area (Å²) in [6.07, 6.45) is -9.97. The molecule has 27 heavy (non-hydrogen) atoms. The third-order valence-electron chi connectivity index (χ3n) is 3.51. The predicted octanol–water partition coefficient (Wildman–Crippen LogP) is 6.58. The number of amides is 2. The van der Waals surface area contributed by atoms with Gasteiger partial charge in [-0.2, -0.15) is 26.3 Å². The minimum Gasteiger partial charge on any atom is -0.308 e. The van der Waals surface area contributed by atoms with Crippen molar-refractivity contribution in [1.82, 2.24) is 0 Å². The number of rotatable bonds is 2. The van der Waals surface area contributed by atoms with E-state index in [2.05, 4.69) is 5.32 Å². The highest BCUT2D eigenvalue weighted by atomic mass is 32.1. The van der Waals surface area contributed by atoms with Crippen LogP contribution in [0, 0.1) is 0 Å². The fraction of sp³-hybridized carbons (Fsp3) is 0.118. The van der Waals surface area contributed by atoms with Crippen molar-refractivity contribution >= 4 is 38.1 Å². The zero-order chi connectivity index (χ0) is 19.8. The maximum absolute atomic E-state index is 12.8. The molecule has 0 saturated heterocycles. The Morgan fingerprint density at radius 1 is 0.815 bits per heavy atom. The summed E-state index contributed by atoms with van der Waals surface area (Å²) >= 11 is 1.22. The first kappa shape index (κ1) is 19.0. The van der Waals surface area contributed by atoms with Gasteiger partial charge in [-0.15, -0.1) is 11.3 Å². The average Bonchev–Trinajstić information content (AvgIpc) is 2.94. The van der Waals surface area contributed by atoms with Gasteiger partial charge in [0.05, 0.1) is 16.1 Å². The van der Waals surface area contributed by atoms with Crippen LogP contribution in [0.5, 0.6) is 0 Å². The molecule has 2 aromatic carbocycles. The quantitative estimate of drug-likeness (QED) is 0.465. The van der Waals surface area contributed by atoms with Crippen LogP contribution in [0.25, 0.3) is 10.1 Å². The predicted molar refractivity (Wildman–Crippen MR) is 90.9 cm³/mol. The van der Waals surface area contributed by atoms with Gasteiger partial charge in [-0.25, -0.2) is 4.79 Å². The molecule has 142 valence electrons. The van der Waals surface area contributed by atoms with Crippen molar-refractivity contribution in [3.63, 3.8) is 0 Å². The summed E-state index contributed by atoms with van der Waals surface area (Å²) in [6.45, 7) is 0. The normalized spacial score (nSPS) is 12.2. The first-order valence-corrected chi connectivity index (χ1v) is 8.20. The summed E-state index contributed by atoms with van der Waals surface area (Å²) in [7, 11) is 0. The van der Waals surface area contributed by atoms with Crippen LogP contribution < -0.4 is 10.6 Å². The molecule has 0 spiro atoms. The lowest BCUT2D eigenvalue weighted by molar-refractivity contribution is -0.143. The summed E-state index contributed by atoms with van der Waals surface area (Å²) in [5.41, 5.74) is -3.63. The van der Waals surface area contributed by atoms with Crippen molar-refractivity contribution < 1.29 is 31.1 Å². The summed E-state index contributed by atoms with van der Waals surface area (Å²) in [6, 6.07) is 8.78. The highest BCUT2D eigenvalue weighted by molar-refractivity contribution is 7.22. The minimum absolute atomic E-state index is 0.00489. The molecule has 0 bridgehead atoms. The van der Waals surface area contributed by atoms with E-state index in [-0.39, 0.29) is 6.07 Å². The molecule has 0 saturated carbocycles. The lowest BCUT2D eigenvalue weighted by atomic mass is 10.1. The highest BCUT2D eigenvalue weighted by Gasteiger charge is 2.37. The molecule has 0 fully saturated rings. The van der Waals surface area contributed by atoms with Crippen LogP contribution in [0.4, 0.5) is 41.8 Å². The fourth-order valence-electron chi connectivity index (χ4n) is 2.34. The van der Waals surface area contributed by atoms with Crippen molar-refractivity contribution in [2.45, 2.75) is 12.4 Å². The number of urea groups is 1. The Labute approximate surface area is 152 Å². The van der Waals surface area contributed by atoms with Crippen LogP contribution in [0.3, 0.4) is 0 Å². The molecule has 10 heteroatoms. The summed E-state index contributed by atoms with van der Waals surface area (Å²) < 4.78 is 77.9. The molecule has 3 rings (SSSR count). The van der Waals surface area contributed by atoms with Crippen LogP contribution in [-0.2, 0) is 12.4 Å². The number of benzene rings is 2. The van der Waals surface area contributed by atoms with Crippen LogP contribution in [0.15, 0.2) is 48.5 Å². The Morgan fingerprint density at radius 3 is 1.96 bits per heavy atom. The number of anilines is 2. The van der Waals surface area contributed by atoms with E-state index >= 15 is 0 Å². The van der Waals surface area contributed by atoms with E-state index in [4.69, 9.17) is 0 Å². The molecule has 0 unspecified atom stereocenters. The number of thiophene rings is 1. The molecule has 0 aliphatic heterocycles. The number of alkyl halides is 6. The second-order valence-electron chi connectivity index (χ2n) is 5.52. The van der Waals surface area contributed by atoms with Crippen molar-refractivity contribution in [2.75, 3.05) is 10.6 Å². The van der Waals surface area contributed by atoms with Crippen molar-refractivity contribution in [3.8, 4) is 0 Å². The SMILES string of the molecule is O=C(Nc1cc(C(F)(F)F)cc(C(F)(F)F)c1)Nc1cc2ccccc2s1. The van der Waals surface area contributed by atoms with E-state index in [0.717, 1.165) is 10.1 Å². The molecule has 0 aliphatic carbocycles. The number of nitrogens with one attached hydrogen (secondary N) is 2. The second kappa shape index (κ2) is 6.76. The monoisotopic (exact) mass is 404 g/mol. The third kappa shape index (κ3) is 4.51. The van der Waals surface area contributed by atoms with E-state index in [0.29, 0.717) is 17.1 Å². The molecule has 1 heterocycles. The number of hydrogen-bond acceptors (Lipinski definition) is 2. The van der Waals surface area contributed by atoms with Gasteiger partial charge in [0, 0.05) is 10.4 Å². The lowest BCUT2D eigenvalue weighted by Crippen LogP contribution is -2.20. The first-order valence-electron chi connectivity index (χ1n) is 7.38. The maximum Gasteiger partial charge on any atom is 0.416 e. The smallest absolute Gasteiger partial charge is 0.308 e. The molecule has 3 nitrogen and oxygen atoms in total. The number of fused-ring (bicyclic) bond motifs is 1. The van der Waals surface area contributed by atoms with E-state index < -0.39 is 35.2 Å². The van der Waals surface area contributed by atoms with Gasteiger partial charge in [-0.1, -0.05) is 18.2 Å². The van der Waals surface area contributed by atoms with Gasteiger partial charge < -0.3 is 5.32 Å². The molecule has 0 aliphatic rings. The summed E-state index contributed by atoms with van der Waals surface area (Å²) in [4.78, 5) is 12.0.